The zero-order valence-corrected chi connectivity index (χ0v) is 21.2. The lowest BCUT2D eigenvalue weighted by atomic mass is 9.89. The Bertz CT molecular complexity index is 1140. The lowest BCUT2D eigenvalue weighted by Gasteiger charge is -2.33. The standard InChI is InChI=1S/C27H31FN2.C4H4S/c28-26-10-8-22(9-11-26)23-13-16-29(17-14-23)18-21-12-15-30(19-21)20-25-6-3-5-24-4-1-2-7-27(24)25;1-2-4-5-3-1/h1-11,21,23H,12-20H2;1-4H/t21-;/m1./s1. The van der Waals surface area contributed by atoms with Crippen LogP contribution in [0.1, 0.15) is 36.3 Å². The van der Waals surface area contributed by atoms with Gasteiger partial charge in [-0.25, -0.2) is 4.39 Å². The maximum atomic E-state index is 13.2. The highest BCUT2D eigenvalue weighted by Gasteiger charge is 2.27. The van der Waals surface area contributed by atoms with Crippen LogP contribution < -0.4 is 0 Å². The Morgan fingerprint density at radius 3 is 2.20 bits per heavy atom. The summed E-state index contributed by atoms with van der Waals surface area (Å²) < 4.78 is 13.2. The molecule has 3 aromatic carbocycles. The van der Waals surface area contributed by atoms with Gasteiger partial charge in [-0.2, -0.15) is 11.3 Å². The third-order valence-corrected chi connectivity index (χ3v) is 8.14. The number of thiophene rings is 1. The smallest absolute Gasteiger partial charge is 0.123 e. The van der Waals surface area contributed by atoms with E-state index < -0.39 is 0 Å². The molecule has 35 heavy (non-hydrogen) atoms. The summed E-state index contributed by atoms with van der Waals surface area (Å²) >= 11 is 1.71. The average Bonchev–Trinajstić information content (AvgIpc) is 3.61. The van der Waals surface area contributed by atoms with Crippen LogP contribution in [0.3, 0.4) is 0 Å². The second-order valence-electron chi connectivity index (χ2n) is 9.95. The van der Waals surface area contributed by atoms with Gasteiger partial charge < -0.3 is 4.90 Å². The van der Waals surface area contributed by atoms with Crippen LogP contribution in [-0.2, 0) is 6.54 Å². The van der Waals surface area contributed by atoms with E-state index >= 15 is 0 Å². The second kappa shape index (κ2) is 11.9. The highest BCUT2D eigenvalue weighted by Crippen LogP contribution is 2.30. The molecule has 0 saturated carbocycles. The molecular formula is C31H35FN2S. The summed E-state index contributed by atoms with van der Waals surface area (Å²) in [5.41, 5.74) is 2.76. The molecule has 0 N–H and O–H groups in total. The summed E-state index contributed by atoms with van der Waals surface area (Å²) in [4.78, 5) is 5.30. The van der Waals surface area contributed by atoms with E-state index in [0.717, 1.165) is 12.5 Å². The minimum absolute atomic E-state index is 0.134. The van der Waals surface area contributed by atoms with Gasteiger partial charge >= 0.3 is 0 Å². The van der Waals surface area contributed by atoms with Crippen molar-refractivity contribution in [2.75, 3.05) is 32.7 Å². The maximum Gasteiger partial charge on any atom is 0.123 e. The van der Waals surface area contributed by atoms with Crippen molar-refractivity contribution in [1.29, 1.82) is 0 Å². The first-order valence-corrected chi connectivity index (χ1v) is 13.8. The third kappa shape index (κ3) is 6.58. The van der Waals surface area contributed by atoms with Gasteiger partial charge in [0.05, 0.1) is 0 Å². The van der Waals surface area contributed by atoms with Gasteiger partial charge in [-0.05, 0) is 95.5 Å². The second-order valence-corrected chi connectivity index (χ2v) is 10.8. The summed E-state index contributed by atoms with van der Waals surface area (Å²) in [6, 6.07) is 26.6. The van der Waals surface area contributed by atoms with Crippen LogP contribution in [-0.4, -0.2) is 42.5 Å². The van der Waals surface area contributed by atoms with Crippen molar-refractivity contribution in [3.63, 3.8) is 0 Å². The molecule has 4 heteroatoms. The molecule has 2 nitrogen and oxygen atoms in total. The fraction of sp³-hybridized carbons (Fsp3) is 0.355. The number of hydrogen-bond donors (Lipinski definition) is 0. The number of halogens is 1. The topological polar surface area (TPSA) is 6.48 Å². The van der Waals surface area contributed by atoms with E-state index in [4.69, 9.17) is 0 Å². The van der Waals surface area contributed by atoms with Gasteiger partial charge in [-0.1, -0.05) is 66.7 Å². The van der Waals surface area contributed by atoms with Gasteiger partial charge in [0, 0.05) is 19.6 Å². The monoisotopic (exact) mass is 486 g/mol. The van der Waals surface area contributed by atoms with Crippen LogP contribution in [0, 0.1) is 11.7 Å². The first-order chi connectivity index (χ1) is 17.2. The molecule has 182 valence electrons. The van der Waals surface area contributed by atoms with Crippen LogP contribution in [0.15, 0.2) is 89.6 Å². The lowest BCUT2D eigenvalue weighted by molar-refractivity contribution is 0.181. The van der Waals surface area contributed by atoms with Crippen LogP contribution in [0.2, 0.25) is 0 Å². The highest BCUT2D eigenvalue weighted by molar-refractivity contribution is 7.07. The zero-order chi connectivity index (χ0) is 23.9. The molecule has 1 aromatic heterocycles. The summed E-state index contributed by atoms with van der Waals surface area (Å²) in [7, 11) is 0. The van der Waals surface area contributed by atoms with E-state index in [-0.39, 0.29) is 5.82 Å². The summed E-state index contributed by atoms with van der Waals surface area (Å²) in [5.74, 6) is 1.24. The molecule has 0 amide bonds. The molecular weight excluding hydrogens is 451 g/mol. The Hall–Kier alpha value is -2.53. The first-order valence-electron chi connectivity index (χ1n) is 12.9. The molecule has 1 atom stereocenters. The number of rotatable bonds is 5. The number of benzene rings is 3. The average molecular weight is 487 g/mol. The first kappa shape index (κ1) is 24.2. The summed E-state index contributed by atoms with van der Waals surface area (Å²) in [6.45, 7) is 7.04. The Morgan fingerprint density at radius 1 is 0.743 bits per heavy atom. The van der Waals surface area contributed by atoms with Crippen molar-refractivity contribution in [2.45, 2.75) is 31.7 Å². The third-order valence-electron chi connectivity index (χ3n) is 7.51. The molecule has 2 aliphatic heterocycles. The van der Waals surface area contributed by atoms with Gasteiger partial charge in [-0.15, -0.1) is 0 Å². The van der Waals surface area contributed by atoms with E-state index in [0.29, 0.717) is 5.92 Å². The molecule has 2 aliphatic rings. The van der Waals surface area contributed by atoms with E-state index in [2.05, 4.69) is 52.3 Å². The quantitative estimate of drug-likeness (QED) is 0.289. The van der Waals surface area contributed by atoms with Gasteiger partial charge in [0.15, 0.2) is 0 Å². The number of fused-ring (bicyclic) bond motifs is 1. The number of hydrogen-bond acceptors (Lipinski definition) is 3. The van der Waals surface area contributed by atoms with E-state index in [1.807, 2.05) is 35.0 Å². The largest absolute Gasteiger partial charge is 0.303 e. The number of likely N-dealkylation sites (tertiary alicyclic amines) is 2. The predicted octanol–water partition coefficient (Wildman–Crippen LogP) is 7.43. The minimum atomic E-state index is -0.134. The van der Waals surface area contributed by atoms with Gasteiger partial charge in [0.1, 0.15) is 5.82 Å². The molecule has 0 bridgehead atoms. The van der Waals surface area contributed by atoms with E-state index in [1.54, 1.807) is 23.5 Å². The number of piperidine rings is 1. The highest BCUT2D eigenvalue weighted by atomic mass is 32.1. The Morgan fingerprint density at radius 2 is 1.46 bits per heavy atom. The van der Waals surface area contributed by atoms with Crippen molar-refractivity contribution in [1.82, 2.24) is 9.80 Å². The fourth-order valence-electron chi connectivity index (χ4n) is 5.65. The summed E-state index contributed by atoms with van der Waals surface area (Å²) in [6.07, 6.45) is 3.69. The molecule has 6 rings (SSSR count). The predicted molar refractivity (Wildman–Crippen MR) is 146 cm³/mol. The van der Waals surface area contributed by atoms with Crippen LogP contribution in [0.4, 0.5) is 4.39 Å². The minimum Gasteiger partial charge on any atom is -0.303 e. The van der Waals surface area contributed by atoms with Crippen molar-refractivity contribution in [3.8, 4) is 0 Å². The van der Waals surface area contributed by atoms with Gasteiger partial charge in [0.25, 0.3) is 0 Å². The van der Waals surface area contributed by atoms with Crippen molar-refractivity contribution in [2.24, 2.45) is 5.92 Å². The normalized spacial score (nSPS) is 19.5. The molecule has 2 saturated heterocycles. The number of nitrogens with zero attached hydrogens (tertiary/aromatic N) is 2. The molecule has 0 radical (unpaired) electrons. The molecule has 3 heterocycles. The Kier molecular flexibility index (Phi) is 8.25. The summed E-state index contributed by atoms with van der Waals surface area (Å²) in [5, 5.41) is 6.82. The van der Waals surface area contributed by atoms with E-state index in [1.165, 1.54) is 73.9 Å². The SMILES string of the molecule is Fc1ccc(C2CCN(C[C@H]3CCN(Cc4cccc5ccccc45)C3)CC2)cc1.c1ccsc1. The van der Waals surface area contributed by atoms with E-state index in [9.17, 15) is 4.39 Å². The van der Waals surface area contributed by atoms with Crippen molar-refractivity contribution < 1.29 is 4.39 Å². The lowest BCUT2D eigenvalue weighted by Crippen LogP contribution is -2.37. The van der Waals surface area contributed by atoms with Crippen molar-refractivity contribution >= 4 is 22.1 Å². The van der Waals surface area contributed by atoms with Crippen LogP contribution in [0.5, 0.6) is 0 Å². The molecule has 4 aromatic rings. The van der Waals surface area contributed by atoms with Crippen molar-refractivity contribution in [3.05, 3.63) is 107 Å². The fourth-order valence-corrected chi connectivity index (χ4v) is 6.11. The van der Waals surface area contributed by atoms with Gasteiger partial charge in [-0.3, -0.25) is 4.90 Å². The Balaban J connectivity index is 0.000000453. The molecule has 0 aliphatic carbocycles. The molecule has 2 fully saturated rings. The molecule has 0 unspecified atom stereocenters. The molecule has 0 spiro atoms. The Labute approximate surface area is 213 Å². The van der Waals surface area contributed by atoms with Gasteiger partial charge in [0.2, 0.25) is 0 Å². The van der Waals surface area contributed by atoms with Crippen LogP contribution in [0.25, 0.3) is 10.8 Å². The van der Waals surface area contributed by atoms with Crippen LogP contribution >= 0.6 is 11.3 Å². The maximum absolute atomic E-state index is 13.2. The zero-order valence-electron chi connectivity index (χ0n) is 20.4.